The minimum Gasteiger partial charge on any atom is -0.497 e. The van der Waals surface area contributed by atoms with Gasteiger partial charge in [-0.25, -0.2) is 13.1 Å². The molecule has 0 spiro atoms. The molecule has 19 heavy (non-hydrogen) atoms. The first-order valence-corrected chi connectivity index (χ1v) is 8.03. The Morgan fingerprint density at radius 3 is 2.47 bits per heavy atom. The molecule has 0 aliphatic heterocycles. The van der Waals surface area contributed by atoms with Crippen LogP contribution < -0.4 is 14.8 Å². The third kappa shape index (κ3) is 6.56. The van der Waals surface area contributed by atoms with Crippen molar-refractivity contribution < 1.29 is 13.2 Å². The van der Waals surface area contributed by atoms with Crippen LogP contribution in [0, 0.1) is 0 Å². The normalized spacial score (nSPS) is 11.5. The molecule has 0 aromatic heterocycles. The summed E-state index contributed by atoms with van der Waals surface area (Å²) in [7, 11) is -1.60. The van der Waals surface area contributed by atoms with Gasteiger partial charge in [-0.3, -0.25) is 0 Å². The molecule has 0 aliphatic rings. The van der Waals surface area contributed by atoms with E-state index in [1.165, 1.54) is 0 Å². The first kappa shape index (κ1) is 15.9. The van der Waals surface area contributed by atoms with Crippen LogP contribution in [-0.2, 0) is 16.6 Å². The summed E-state index contributed by atoms with van der Waals surface area (Å²) in [4.78, 5) is 0. The van der Waals surface area contributed by atoms with Gasteiger partial charge in [0, 0.05) is 6.54 Å². The molecule has 0 unspecified atom stereocenters. The number of benzene rings is 1. The molecule has 108 valence electrons. The molecule has 0 radical (unpaired) electrons. The first-order valence-electron chi connectivity index (χ1n) is 6.38. The number of nitrogens with one attached hydrogen (secondary N) is 2. The highest BCUT2D eigenvalue weighted by Crippen LogP contribution is 2.11. The Labute approximate surface area is 115 Å². The van der Waals surface area contributed by atoms with Crippen LogP contribution in [0.3, 0.4) is 0 Å². The summed E-state index contributed by atoms with van der Waals surface area (Å²) in [6.07, 6.45) is 0.617. The van der Waals surface area contributed by atoms with E-state index in [1.807, 2.05) is 31.2 Å². The summed E-state index contributed by atoms with van der Waals surface area (Å²) in [6, 6.07) is 7.32. The maximum atomic E-state index is 11.7. The van der Waals surface area contributed by atoms with E-state index in [-0.39, 0.29) is 5.75 Å². The highest BCUT2D eigenvalue weighted by atomic mass is 32.2. The van der Waals surface area contributed by atoms with Crippen molar-refractivity contribution in [3.8, 4) is 5.75 Å². The average Bonchev–Trinajstić information content (AvgIpc) is 2.42. The number of sulfonamides is 1. The van der Waals surface area contributed by atoms with Gasteiger partial charge >= 0.3 is 0 Å². The number of hydrogen-bond acceptors (Lipinski definition) is 4. The highest BCUT2D eigenvalue weighted by Gasteiger charge is 2.09. The molecule has 2 N–H and O–H groups in total. The zero-order valence-electron chi connectivity index (χ0n) is 11.5. The van der Waals surface area contributed by atoms with Gasteiger partial charge in [0.1, 0.15) is 5.75 Å². The SMILES string of the molecule is CCNCCCS(=O)(=O)NCc1ccc(OC)cc1. The summed E-state index contributed by atoms with van der Waals surface area (Å²) in [6.45, 7) is 3.89. The maximum Gasteiger partial charge on any atom is 0.211 e. The van der Waals surface area contributed by atoms with Crippen LogP contribution in [0.4, 0.5) is 0 Å². The van der Waals surface area contributed by atoms with Crippen molar-refractivity contribution in [3.05, 3.63) is 29.8 Å². The number of rotatable bonds is 9. The third-order valence-electron chi connectivity index (χ3n) is 2.67. The maximum absolute atomic E-state index is 11.7. The summed E-state index contributed by atoms with van der Waals surface area (Å²) < 4.78 is 31.1. The molecule has 5 nitrogen and oxygen atoms in total. The molecule has 1 rings (SSSR count). The van der Waals surface area contributed by atoms with Crippen LogP contribution in [0.2, 0.25) is 0 Å². The zero-order chi connectivity index (χ0) is 14.1. The van der Waals surface area contributed by atoms with Crippen LogP contribution >= 0.6 is 0 Å². The zero-order valence-corrected chi connectivity index (χ0v) is 12.3. The predicted molar refractivity (Wildman–Crippen MR) is 76.8 cm³/mol. The second kappa shape index (κ2) is 8.14. The lowest BCUT2D eigenvalue weighted by Gasteiger charge is -2.07. The fraction of sp³-hybridized carbons (Fsp3) is 0.538. The summed E-state index contributed by atoms with van der Waals surface area (Å²) in [5, 5.41) is 3.10. The van der Waals surface area contributed by atoms with Gasteiger partial charge in [-0.05, 0) is 37.2 Å². The molecule has 0 atom stereocenters. The van der Waals surface area contributed by atoms with Gasteiger partial charge in [-0.2, -0.15) is 0 Å². The van der Waals surface area contributed by atoms with Crippen molar-refractivity contribution >= 4 is 10.0 Å². The van der Waals surface area contributed by atoms with E-state index in [2.05, 4.69) is 10.0 Å². The van der Waals surface area contributed by atoms with Gasteiger partial charge in [-0.1, -0.05) is 19.1 Å². The monoisotopic (exact) mass is 286 g/mol. The molecule has 1 aromatic rings. The van der Waals surface area contributed by atoms with Gasteiger partial charge < -0.3 is 10.1 Å². The third-order valence-corrected chi connectivity index (χ3v) is 4.08. The number of methoxy groups -OCH3 is 1. The van der Waals surface area contributed by atoms with Crippen LogP contribution in [0.1, 0.15) is 18.9 Å². The van der Waals surface area contributed by atoms with Crippen LogP contribution in [-0.4, -0.2) is 34.4 Å². The molecule has 0 bridgehead atoms. The molecule has 0 aliphatic carbocycles. The van der Waals surface area contributed by atoms with Gasteiger partial charge in [0.15, 0.2) is 0 Å². The fourth-order valence-corrected chi connectivity index (χ4v) is 2.63. The lowest BCUT2D eigenvalue weighted by molar-refractivity contribution is 0.414. The molecule has 0 saturated heterocycles. The lowest BCUT2D eigenvalue weighted by Crippen LogP contribution is -2.28. The minimum absolute atomic E-state index is 0.149. The van der Waals surface area contributed by atoms with Crippen LogP contribution in [0.15, 0.2) is 24.3 Å². The smallest absolute Gasteiger partial charge is 0.211 e. The van der Waals surface area contributed by atoms with E-state index in [0.29, 0.717) is 13.0 Å². The Kier molecular flexibility index (Phi) is 6.83. The standard InChI is InChI=1S/C13H22N2O3S/c1-3-14-9-4-10-19(16,17)15-11-12-5-7-13(18-2)8-6-12/h5-8,14-15H,3-4,9-11H2,1-2H3. The van der Waals surface area contributed by atoms with Gasteiger partial charge in [0.05, 0.1) is 12.9 Å². The number of ether oxygens (including phenoxy) is 1. The predicted octanol–water partition coefficient (Wildman–Crippen LogP) is 1.11. The molecule has 6 heteroatoms. The van der Waals surface area contributed by atoms with Crippen molar-refractivity contribution in [2.45, 2.75) is 19.9 Å². The Morgan fingerprint density at radius 2 is 1.89 bits per heavy atom. The summed E-state index contributed by atoms with van der Waals surface area (Å²) >= 11 is 0. The van der Waals surface area contributed by atoms with E-state index in [1.54, 1.807) is 7.11 Å². The minimum atomic E-state index is -3.20. The molecule has 0 amide bonds. The molecule has 0 saturated carbocycles. The second-order valence-electron chi connectivity index (χ2n) is 4.20. The van der Waals surface area contributed by atoms with Crippen molar-refractivity contribution in [1.29, 1.82) is 0 Å². The van der Waals surface area contributed by atoms with Gasteiger partial charge in [0.2, 0.25) is 10.0 Å². The fourth-order valence-electron chi connectivity index (χ4n) is 1.57. The van der Waals surface area contributed by atoms with Crippen LogP contribution in [0.25, 0.3) is 0 Å². The van der Waals surface area contributed by atoms with E-state index in [0.717, 1.165) is 24.4 Å². The van der Waals surface area contributed by atoms with E-state index < -0.39 is 10.0 Å². The van der Waals surface area contributed by atoms with E-state index >= 15 is 0 Å². The Hall–Kier alpha value is -1.11. The molecular weight excluding hydrogens is 264 g/mol. The second-order valence-corrected chi connectivity index (χ2v) is 6.12. The summed E-state index contributed by atoms with van der Waals surface area (Å²) in [5.41, 5.74) is 0.913. The first-order chi connectivity index (χ1) is 9.07. The van der Waals surface area contributed by atoms with Crippen LogP contribution in [0.5, 0.6) is 5.75 Å². The highest BCUT2D eigenvalue weighted by molar-refractivity contribution is 7.89. The molecule has 1 aromatic carbocycles. The van der Waals surface area contributed by atoms with Crippen molar-refractivity contribution in [1.82, 2.24) is 10.0 Å². The van der Waals surface area contributed by atoms with Crippen molar-refractivity contribution in [3.63, 3.8) is 0 Å². The largest absolute Gasteiger partial charge is 0.497 e. The molecular formula is C13H22N2O3S. The Bertz CT molecular complexity index is 457. The van der Waals surface area contributed by atoms with Crippen molar-refractivity contribution in [2.24, 2.45) is 0 Å². The van der Waals surface area contributed by atoms with Gasteiger partial charge in [-0.15, -0.1) is 0 Å². The van der Waals surface area contributed by atoms with Gasteiger partial charge in [0.25, 0.3) is 0 Å². The Balaban J connectivity index is 2.37. The molecule has 0 fully saturated rings. The summed E-state index contributed by atoms with van der Waals surface area (Å²) in [5.74, 6) is 0.910. The van der Waals surface area contributed by atoms with E-state index in [9.17, 15) is 8.42 Å². The average molecular weight is 286 g/mol. The Morgan fingerprint density at radius 1 is 1.21 bits per heavy atom. The topological polar surface area (TPSA) is 67.4 Å². The molecule has 0 heterocycles. The quantitative estimate of drug-likeness (QED) is 0.667. The lowest BCUT2D eigenvalue weighted by atomic mass is 10.2. The van der Waals surface area contributed by atoms with Crippen molar-refractivity contribution in [2.75, 3.05) is 26.0 Å². The number of hydrogen-bond donors (Lipinski definition) is 2. The van der Waals surface area contributed by atoms with E-state index in [4.69, 9.17) is 4.74 Å².